The summed E-state index contributed by atoms with van der Waals surface area (Å²) in [5.41, 5.74) is 0. The Labute approximate surface area is 72.5 Å². The predicted molar refractivity (Wildman–Crippen MR) is 38.2 cm³/mol. The lowest BCUT2D eigenvalue weighted by Gasteiger charge is -2.07. The van der Waals surface area contributed by atoms with E-state index in [-0.39, 0.29) is 0 Å². The van der Waals surface area contributed by atoms with Gasteiger partial charge in [0.25, 0.3) is 5.91 Å². The molecule has 76 valence electrons. The van der Waals surface area contributed by atoms with Crippen molar-refractivity contribution in [2.45, 2.75) is 6.18 Å². The second kappa shape index (κ2) is 3.77. The molecule has 8 heteroatoms. The van der Waals surface area contributed by atoms with Gasteiger partial charge >= 0.3 is 6.18 Å². The molecule has 1 amide bonds. The lowest BCUT2D eigenvalue weighted by molar-refractivity contribution is -0.115. The molecule has 0 fully saturated rings. The summed E-state index contributed by atoms with van der Waals surface area (Å²) in [6.07, 6.45) is -4.30. The average Bonchev–Trinajstić information content (AvgIpc) is 1.80. The van der Waals surface area contributed by atoms with E-state index in [1.165, 1.54) is 0 Å². The first-order chi connectivity index (χ1) is 5.66. The number of rotatable bonds is 3. The standard InChI is InChI=1S/C5H6F3NO3S/c1-2-4(10)9-13(11,12)3-5(6,7)8/h2H,1,3H2,(H,9,10). The predicted octanol–water partition coefficient (Wildman–Crippen LogP) is 0.181. The normalized spacial score (nSPS) is 12.2. The number of halogens is 3. The summed E-state index contributed by atoms with van der Waals surface area (Å²) in [6.45, 7) is 2.88. The monoisotopic (exact) mass is 217 g/mol. The van der Waals surface area contributed by atoms with Gasteiger partial charge in [-0.3, -0.25) is 4.79 Å². The van der Waals surface area contributed by atoms with Crippen LogP contribution in [0.15, 0.2) is 12.7 Å². The number of alkyl halides is 3. The topological polar surface area (TPSA) is 63.2 Å². The van der Waals surface area contributed by atoms with E-state index in [1.807, 2.05) is 0 Å². The van der Waals surface area contributed by atoms with Crippen molar-refractivity contribution in [1.29, 1.82) is 0 Å². The molecule has 0 aromatic rings. The van der Waals surface area contributed by atoms with Gasteiger partial charge in [0.05, 0.1) is 0 Å². The SMILES string of the molecule is C=CC(=O)NS(=O)(=O)CC(F)(F)F. The van der Waals surface area contributed by atoms with Gasteiger partial charge in [-0.1, -0.05) is 6.58 Å². The van der Waals surface area contributed by atoms with E-state index in [0.717, 1.165) is 4.72 Å². The van der Waals surface area contributed by atoms with Crippen molar-refractivity contribution in [2.24, 2.45) is 0 Å². The molecule has 13 heavy (non-hydrogen) atoms. The fourth-order valence-electron chi connectivity index (χ4n) is 0.446. The van der Waals surface area contributed by atoms with E-state index >= 15 is 0 Å². The van der Waals surface area contributed by atoms with Crippen LogP contribution in [0.25, 0.3) is 0 Å². The van der Waals surface area contributed by atoms with E-state index in [4.69, 9.17) is 0 Å². The van der Waals surface area contributed by atoms with Gasteiger partial charge in [0.1, 0.15) is 0 Å². The molecule has 0 aliphatic rings. The zero-order valence-corrected chi connectivity index (χ0v) is 7.07. The van der Waals surface area contributed by atoms with Crippen LogP contribution in [0.2, 0.25) is 0 Å². The van der Waals surface area contributed by atoms with Gasteiger partial charge in [-0.25, -0.2) is 13.1 Å². The molecule has 0 atom stereocenters. The van der Waals surface area contributed by atoms with Crippen molar-refractivity contribution < 1.29 is 26.4 Å². The highest BCUT2D eigenvalue weighted by molar-refractivity contribution is 7.90. The summed E-state index contributed by atoms with van der Waals surface area (Å²) >= 11 is 0. The van der Waals surface area contributed by atoms with E-state index in [2.05, 4.69) is 6.58 Å². The van der Waals surface area contributed by atoms with E-state index < -0.39 is 27.9 Å². The average molecular weight is 217 g/mol. The molecule has 0 rings (SSSR count). The zero-order chi connectivity index (χ0) is 10.7. The largest absolute Gasteiger partial charge is 0.404 e. The second-order valence-electron chi connectivity index (χ2n) is 2.04. The second-order valence-corrected chi connectivity index (χ2v) is 3.77. The van der Waals surface area contributed by atoms with Gasteiger partial charge in [-0.15, -0.1) is 0 Å². The number of nitrogens with one attached hydrogen (secondary N) is 1. The van der Waals surface area contributed by atoms with Crippen LogP contribution in [0.3, 0.4) is 0 Å². The Morgan fingerprint density at radius 1 is 1.46 bits per heavy atom. The van der Waals surface area contributed by atoms with Gasteiger partial charge in [0, 0.05) is 0 Å². The molecule has 0 aromatic heterocycles. The Morgan fingerprint density at radius 2 is 1.92 bits per heavy atom. The summed E-state index contributed by atoms with van der Waals surface area (Å²) in [7, 11) is -4.65. The minimum Gasteiger partial charge on any atom is -0.269 e. The highest BCUT2D eigenvalue weighted by Crippen LogP contribution is 2.16. The molecule has 0 heterocycles. The fourth-order valence-corrected chi connectivity index (χ4v) is 1.34. The third-order valence-electron chi connectivity index (χ3n) is 0.795. The Kier molecular flexibility index (Phi) is 3.47. The molecule has 4 nitrogen and oxygen atoms in total. The van der Waals surface area contributed by atoms with Gasteiger partial charge in [0.15, 0.2) is 5.75 Å². The molecule has 0 aliphatic carbocycles. The molecule has 0 saturated heterocycles. The lowest BCUT2D eigenvalue weighted by atomic mass is 10.6. The number of sulfonamides is 1. The molecule has 0 spiro atoms. The first-order valence-electron chi connectivity index (χ1n) is 2.90. The molecule has 0 radical (unpaired) electrons. The molecule has 0 unspecified atom stereocenters. The number of carbonyl (C=O) groups excluding carboxylic acids is 1. The minimum atomic E-state index is -4.87. The third-order valence-corrected chi connectivity index (χ3v) is 2.01. The molecule has 0 aliphatic heterocycles. The van der Waals surface area contributed by atoms with Gasteiger partial charge < -0.3 is 0 Å². The summed E-state index contributed by atoms with van der Waals surface area (Å²) in [5.74, 6) is -3.27. The summed E-state index contributed by atoms with van der Waals surface area (Å²) < 4.78 is 56.8. The Bertz CT molecular complexity index is 305. The van der Waals surface area contributed by atoms with Crippen molar-refractivity contribution in [3.8, 4) is 0 Å². The highest BCUT2D eigenvalue weighted by atomic mass is 32.2. The lowest BCUT2D eigenvalue weighted by Crippen LogP contribution is -2.36. The maximum atomic E-state index is 11.5. The van der Waals surface area contributed by atoms with Crippen molar-refractivity contribution >= 4 is 15.9 Å². The van der Waals surface area contributed by atoms with E-state index in [0.29, 0.717) is 6.08 Å². The Hall–Kier alpha value is -1.05. The van der Waals surface area contributed by atoms with Crippen LogP contribution in [0.5, 0.6) is 0 Å². The number of amides is 1. The molecule has 1 N–H and O–H groups in total. The van der Waals surface area contributed by atoms with Crippen LogP contribution >= 0.6 is 0 Å². The third kappa shape index (κ3) is 6.14. The molecular formula is C5H6F3NO3S. The van der Waals surface area contributed by atoms with Crippen LogP contribution in [-0.4, -0.2) is 26.3 Å². The highest BCUT2D eigenvalue weighted by Gasteiger charge is 2.35. The smallest absolute Gasteiger partial charge is 0.269 e. The van der Waals surface area contributed by atoms with Crippen LogP contribution in [0.4, 0.5) is 13.2 Å². The zero-order valence-electron chi connectivity index (χ0n) is 6.26. The van der Waals surface area contributed by atoms with Crippen molar-refractivity contribution in [2.75, 3.05) is 5.75 Å². The Morgan fingerprint density at radius 3 is 2.23 bits per heavy atom. The van der Waals surface area contributed by atoms with Gasteiger partial charge in [0.2, 0.25) is 10.0 Å². The van der Waals surface area contributed by atoms with Crippen molar-refractivity contribution in [1.82, 2.24) is 4.72 Å². The van der Waals surface area contributed by atoms with Crippen molar-refractivity contribution in [3.05, 3.63) is 12.7 Å². The quantitative estimate of drug-likeness (QED) is 0.686. The van der Waals surface area contributed by atoms with Crippen LogP contribution in [0.1, 0.15) is 0 Å². The van der Waals surface area contributed by atoms with Gasteiger partial charge in [-0.2, -0.15) is 13.2 Å². The van der Waals surface area contributed by atoms with E-state index in [1.54, 1.807) is 0 Å². The Balaban J connectivity index is 4.44. The summed E-state index contributed by atoms with van der Waals surface area (Å²) in [4.78, 5) is 10.3. The number of carbonyl (C=O) groups is 1. The summed E-state index contributed by atoms with van der Waals surface area (Å²) in [5, 5.41) is 0. The molecule has 0 aromatic carbocycles. The maximum Gasteiger partial charge on any atom is 0.404 e. The molecular weight excluding hydrogens is 211 g/mol. The van der Waals surface area contributed by atoms with Crippen LogP contribution in [-0.2, 0) is 14.8 Å². The number of hydrogen-bond acceptors (Lipinski definition) is 3. The first kappa shape index (κ1) is 11.9. The number of hydrogen-bond donors (Lipinski definition) is 1. The maximum absolute atomic E-state index is 11.5. The fraction of sp³-hybridized carbons (Fsp3) is 0.400. The minimum absolute atomic E-state index is 0.563. The van der Waals surface area contributed by atoms with Crippen LogP contribution < -0.4 is 4.72 Å². The van der Waals surface area contributed by atoms with Crippen molar-refractivity contribution in [3.63, 3.8) is 0 Å². The van der Waals surface area contributed by atoms with Gasteiger partial charge in [-0.05, 0) is 6.08 Å². The van der Waals surface area contributed by atoms with Crippen LogP contribution in [0, 0.1) is 0 Å². The molecule has 0 bridgehead atoms. The first-order valence-corrected chi connectivity index (χ1v) is 4.55. The molecule has 0 saturated carbocycles. The van der Waals surface area contributed by atoms with E-state index in [9.17, 15) is 26.4 Å². The summed E-state index contributed by atoms with van der Waals surface area (Å²) in [6, 6.07) is 0.